The standard InChI is InChI=1S/C12H12N6O3/c13-18-15-6-10(21-18)12-14-7-11(17(19)20)16(12)8-9-4-2-1-3-5-9/h1-7,15H,8,13H2. The maximum atomic E-state index is 11.1. The first-order chi connectivity index (χ1) is 10.1. The summed E-state index contributed by atoms with van der Waals surface area (Å²) in [6, 6.07) is 9.37. The number of nitrogens with zero attached hydrogens (tertiary/aromatic N) is 4. The zero-order valence-electron chi connectivity index (χ0n) is 10.8. The SMILES string of the molecule is NN1NC=C(c2ncc([N+](=O)[O-])n2Cc2ccccc2)O1. The van der Waals surface area contributed by atoms with Gasteiger partial charge >= 0.3 is 5.82 Å². The van der Waals surface area contributed by atoms with Gasteiger partial charge in [-0.3, -0.25) is 5.43 Å². The van der Waals surface area contributed by atoms with Gasteiger partial charge in [0.05, 0.1) is 6.20 Å². The molecule has 2 heterocycles. The van der Waals surface area contributed by atoms with E-state index in [9.17, 15) is 10.1 Å². The molecule has 1 aliphatic rings. The summed E-state index contributed by atoms with van der Waals surface area (Å²) in [6.45, 7) is 0.303. The molecular weight excluding hydrogens is 276 g/mol. The normalized spacial score (nSPS) is 14.4. The van der Waals surface area contributed by atoms with Gasteiger partial charge in [-0.1, -0.05) is 30.3 Å². The Balaban J connectivity index is 2.00. The Morgan fingerprint density at radius 2 is 2.14 bits per heavy atom. The molecule has 9 heteroatoms. The summed E-state index contributed by atoms with van der Waals surface area (Å²) in [6.07, 6.45) is 2.68. The number of nitrogens with one attached hydrogen (secondary N) is 1. The summed E-state index contributed by atoms with van der Waals surface area (Å²) < 4.78 is 1.46. The quantitative estimate of drug-likeness (QED) is 0.485. The van der Waals surface area contributed by atoms with Gasteiger partial charge in [0.25, 0.3) is 5.82 Å². The van der Waals surface area contributed by atoms with Gasteiger partial charge in [0.1, 0.15) is 12.7 Å². The Hall–Kier alpha value is -2.91. The maximum absolute atomic E-state index is 11.1. The number of nitrogens with two attached hydrogens (primary N) is 1. The molecule has 1 aliphatic heterocycles. The zero-order chi connectivity index (χ0) is 14.8. The molecule has 0 saturated heterocycles. The van der Waals surface area contributed by atoms with Crippen LogP contribution in [0.3, 0.4) is 0 Å². The Bertz CT molecular complexity index is 696. The van der Waals surface area contributed by atoms with Gasteiger partial charge in [0, 0.05) is 5.28 Å². The van der Waals surface area contributed by atoms with Gasteiger partial charge in [0.2, 0.25) is 5.76 Å². The van der Waals surface area contributed by atoms with Crippen LogP contribution in [0.25, 0.3) is 5.76 Å². The molecule has 0 bridgehead atoms. The number of imidazole rings is 1. The Kier molecular flexibility index (Phi) is 3.26. The Morgan fingerprint density at radius 3 is 2.76 bits per heavy atom. The van der Waals surface area contributed by atoms with Crippen LogP contribution >= 0.6 is 0 Å². The van der Waals surface area contributed by atoms with Crippen molar-refractivity contribution in [2.45, 2.75) is 6.54 Å². The van der Waals surface area contributed by atoms with Gasteiger partial charge in [-0.2, -0.15) is 4.57 Å². The molecule has 0 amide bonds. The highest BCUT2D eigenvalue weighted by Gasteiger charge is 2.27. The van der Waals surface area contributed by atoms with E-state index in [0.717, 1.165) is 10.8 Å². The van der Waals surface area contributed by atoms with Gasteiger partial charge in [-0.05, 0) is 10.5 Å². The van der Waals surface area contributed by atoms with Gasteiger partial charge in [-0.15, -0.1) is 0 Å². The fraction of sp³-hybridized carbons (Fsp3) is 0.0833. The number of hydrogen-bond acceptors (Lipinski definition) is 7. The molecule has 0 aliphatic carbocycles. The second-order valence-corrected chi connectivity index (χ2v) is 4.32. The minimum absolute atomic E-state index is 0.117. The lowest BCUT2D eigenvalue weighted by Gasteiger charge is -2.08. The molecule has 2 aromatic rings. The zero-order valence-corrected chi connectivity index (χ0v) is 10.8. The van der Waals surface area contributed by atoms with E-state index in [-0.39, 0.29) is 5.82 Å². The van der Waals surface area contributed by atoms with Crippen LogP contribution in [0.2, 0.25) is 0 Å². The van der Waals surface area contributed by atoms with Crippen molar-refractivity contribution in [3.05, 3.63) is 64.2 Å². The third-order valence-corrected chi connectivity index (χ3v) is 2.95. The van der Waals surface area contributed by atoms with Crippen molar-refractivity contribution in [1.29, 1.82) is 0 Å². The monoisotopic (exact) mass is 288 g/mol. The van der Waals surface area contributed by atoms with E-state index in [1.54, 1.807) is 0 Å². The van der Waals surface area contributed by atoms with E-state index in [1.807, 2.05) is 30.3 Å². The van der Waals surface area contributed by atoms with Crippen molar-refractivity contribution in [1.82, 2.24) is 20.3 Å². The lowest BCUT2D eigenvalue weighted by molar-refractivity contribution is -0.392. The van der Waals surface area contributed by atoms with Crippen molar-refractivity contribution in [3.8, 4) is 0 Å². The Morgan fingerprint density at radius 1 is 1.38 bits per heavy atom. The highest BCUT2D eigenvalue weighted by Crippen LogP contribution is 2.24. The largest absolute Gasteiger partial charge is 0.364 e. The molecule has 0 spiro atoms. The van der Waals surface area contributed by atoms with Crippen molar-refractivity contribution in [2.24, 2.45) is 5.84 Å². The van der Waals surface area contributed by atoms with Crippen molar-refractivity contribution < 1.29 is 9.76 Å². The number of aromatic nitrogens is 2. The van der Waals surface area contributed by atoms with Crippen molar-refractivity contribution in [3.63, 3.8) is 0 Å². The summed E-state index contributed by atoms with van der Waals surface area (Å²) in [5.41, 5.74) is 3.51. The van der Waals surface area contributed by atoms with E-state index in [0.29, 0.717) is 18.1 Å². The highest BCUT2D eigenvalue weighted by atomic mass is 16.7. The molecule has 0 unspecified atom stereocenters. The first-order valence-corrected chi connectivity index (χ1v) is 6.08. The van der Waals surface area contributed by atoms with Gasteiger partial charge in [0.15, 0.2) is 0 Å². The first kappa shape index (κ1) is 13.1. The number of hydrazine groups is 2. The number of benzene rings is 1. The van der Waals surface area contributed by atoms with E-state index in [1.165, 1.54) is 17.0 Å². The molecule has 21 heavy (non-hydrogen) atoms. The molecule has 1 aromatic carbocycles. The molecule has 0 radical (unpaired) electrons. The van der Waals surface area contributed by atoms with Gasteiger partial charge in [-0.25, -0.2) is 10.8 Å². The average Bonchev–Trinajstić information content (AvgIpc) is 3.06. The first-order valence-electron chi connectivity index (χ1n) is 6.08. The summed E-state index contributed by atoms with van der Waals surface area (Å²) in [5.74, 6) is 5.92. The van der Waals surface area contributed by atoms with E-state index >= 15 is 0 Å². The molecule has 9 nitrogen and oxygen atoms in total. The smallest absolute Gasteiger partial charge is 0.343 e. The number of hydrogen-bond donors (Lipinski definition) is 2. The minimum Gasteiger partial charge on any atom is -0.364 e. The van der Waals surface area contributed by atoms with Crippen LogP contribution in [-0.4, -0.2) is 19.8 Å². The lowest BCUT2D eigenvalue weighted by Crippen LogP contribution is -2.35. The third kappa shape index (κ3) is 2.55. The molecule has 108 valence electrons. The number of rotatable bonds is 4. The maximum Gasteiger partial charge on any atom is 0.343 e. The average molecular weight is 288 g/mol. The molecular formula is C12H12N6O3. The predicted molar refractivity (Wildman–Crippen MR) is 72.6 cm³/mol. The third-order valence-electron chi connectivity index (χ3n) is 2.95. The second kappa shape index (κ2) is 5.23. The predicted octanol–water partition coefficient (Wildman–Crippen LogP) is 0.763. The van der Waals surface area contributed by atoms with E-state index in [2.05, 4.69) is 10.4 Å². The van der Waals surface area contributed by atoms with Crippen LogP contribution in [0, 0.1) is 10.1 Å². The summed E-state index contributed by atoms with van der Waals surface area (Å²) in [4.78, 5) is 19.9. The van der Waals surface area contributed by atoms with Crippen LogP contribution in [0.1, 0.15) is 11.4 Å². The van der Waals surface area contributed by atoms with Crippen molar-refractivity contribution >= 4 is 11.6 Å². The minimum atomic E-state index is -0.484. The second-order valence-electron chi connectivity index (χ2n) is 4.32. The van der Waals surface area contributed by atoms with Crippen LogP contribution in [0.15, 0.2) is 42.7 Å². The topological polar surface area (TPSA) is 111 Å². The van der Waals surface area contributed by atoms with Crippen LogP contribution in [0.5, 0.6) is 0 Å². The summed E-state index contributed by atoms with van der Waals surface area (Å²) in [7, 11) is 0. The lowest BCUT2D eigenvalue weighted by atomic mass is 10.2. The molecule has 0 saturated carbocycles. The molecule has 0 atom stereocenters. The fourth-order valence-corrected chi connectivity index (χ4v) is 2.02. The molecule has 3 rings (SSSR count). The van der Waals surface area contributed by atoms with Crippen LogP contribution < -0.4 is 11.3 Å². The van der Waals surface area contributed by atoms with E-state index < -0.39 is 4.92 Å². The fourth-order valence-electron chi connectivity index (χ4n) is 2.02. The Labute approximate surface area is 119 Å². The van der Waals surface area contributed by atoms with Crippen LogP contribution in [-0.2, 0) is 11.4 Å². The summed E-state index contributed by atoms with van der Waals surface area (Å²) >= 11 is 0. The van der Waals surface area contributed by atoms with Gasteiger partial charge < -0.3 is 15.0 Å². The highest BCUT2D eigenvalue weighted by molar-refractivity contribution is 5.55. The number of nitro groups is 1. The van der Waals surface area contributed by atoms with Crippen molar-refractivity contribution in [2.75, 3.05) is 0 Å². The molecule has 3 N–H and O–H groups in total. The van der Waals surface area contributed by atoms with Crippen LogP contribution in [0.4, 0.5) is 5.82 Å². The molecule has 0 fully saturated rings. The van der Waals surface area contributed by atoms with E-state index in [4.69, 9.17) is 10.7 Å². The molecule has 1 aromatic heterocycles. The summed E-state index contributed by atoms with van der Waals surface area (Å²) in [5, 5.41) is 12.0.